The Bertz CT molecular complexity index is 1180. The molecule has 5 rings (SSSR count). The zero-order valence-electron chi connectivity index (χ0n) is 21.2. The van der Waals surface area contributed by atoms with E-state index < -0.39 is 0 Å². The fourth-order valence-electron chi connectivity index (χ4n) is 5.14. The van der Waals surface area contributed by atoms with Crippen LogP contribution in [-0.4, -0.2) is 61.6 Å². The molecule has 0 aromatic heterocycles. The number of carbonyl (C=O) groups excluding carboxylic acids is 3. The van der Waals surface area contributed by atoms with Gasteiger partial charge in [0.05, 0.1) is 31.2 Å². The molecular formula is C28H33N3O6. The lowest BCUT2D eigenvalue weighted by Gasteiger charge is -2.42. The normalized spacial score (nSPS) is 23.4. The minimum atomic E-state index is -0.358. The van der Waals surface area contributed by atoms with Crippen LogP contribution in [0.15, 0.2) is 42.5 Å². The summed E-state index contributed by atoms with van der Waals surface area (Å²) < 4.78 is 17.5. The maximum absolute atomic E-state index is 13.4. The van der Waals surface area contributed by atoms with Gasteiger partial charge in [-0.05, 0) is 56.0 Å². The molecule has 9 nitrogen and oxygen atoms in total. The number of rotatable bonds is 6. The zero-order chi connectivity index (χ0) is 25.9. The Morgan fingerprint density at radius 2 is 1.86 bits per heavy atom. The van der Waals surface area contributed by atoms with Crippen LogP contribution in [-0.2, 0) is 14.3 Å². The Kier molecular flexibility index (Phi) is 7.32. The number of hydrogen-bond acceptors (Lipinski definition) is 6. The van der Waals surface area contributed by atoms with E-state index in [0.717, 1.165) is 19.3 Å². The minimum absolute atomic E-state index is 0.000918. The standard InChI is InChI=1S/C28H33N3O6/c1-31-23-11-10-21(15-26(32)29-18-7-4-8-20(13-18)35-2)37-25(23)16-36-24-12-9-19(14-22(24)28(31)34)30-27(33)17-5-3-6-17/h4,7-9,12-14,17,21,23,25H,3,5-6,10-11,15-16H2,1-2H3,(H,29,32)(H,30,33)/t21-,23+,25+/m0/s1. The van der Waals surface area contributed by atoms with Crippen molar-refractivity contribution in [3.63, 3.8) is 0 Å². The molecule has 37 heavy (non-hydrogen) atoms. The highest BCUT2D eigenvalue weighted by atomic mass is 16.5. The molecule has 0 unspecified atom stereocenters. The van der Waals surface area contributed by atoms with E-state index in [2.05, 4.69) is 10.6 Å². The van der Waals surface area contributed by atoms with Gasteiger partial charge in [-0.1, -0.05) is 12.5 Å². The Hall–Kier alpha value is -3.59. The quantitative estimate of drug-likeness (QED) is 0.615. The molecule has 3 amide bonds. The highest BCUT2D eigenvalue weighted by Gasteiger charge is 2.39. The first kappa shape index (κ1) is 25.1. The van der Waals surface area contributed by atoms with E-state index in [1.54, 1.807) is 43.3 Å². The predicted molar refractivity (Wildman–Crippen MR) is 138 cm³/mol. The van der Waals surface area contributed by atoms with Gasteiger partial charge in [0, 0.05) is 30.4 Å². The molecule has 2 N–H and O–H groups in total. The Labute approximate surface area is 216 Å². The number of carbonyl (C=O) groups is 3. The zero-order valence-corrected chi connectivity index (χ0v) is 21.2. The third kappa shape index (κ3) is 5.56. The Balaban J connectivity index is 1.23. The number of amides is 3. The summed E-state index contributed by atoms with van der Waals surface area (Å²) in [6.07, 6.45) is 3.82. The number of ether oxygens (including phenoxy) is 3. The van der Waals surface area contributed by atoms with E-state index in [4.69, 9.17) is 14.2 Å². The number of fused-ring (bicyclic) bond motifs is 2. The molecule has 1 aliphatic carbocycles. The number of hydrogen-bond donors (Lipinski definition) is 2. The number of likely N-dealkylation sites (N-methyl/N-ethyl adjacent to an activating group) is 1. The van der Waals surface area contributed by atoms with Crippen molar-refractivity contribution in [2.24, 2.45) is 5.92 Å². The second-order valence-electron chi connectivity index (χ2n) is 9.98. The average molecular weight is 508 g/mol. The van der Waals surface area contributed by atoms with E-state index in [1.165, 1.54) is 0 Å². The van der Waals surface area contributed by atoms with E-state index in [1.807, 2.05) is 18.2 Å². The molecule has 2 heterocycles. The van der Waals surface area contributed by atoms with Crippen LogP contribution in [0.25, 0.3) is 0 Å². The molecule has 196 valence electrons. The fourth-order valence-corrected chi connectivity index (χ4v) is 5.14. The average Bonchev–Trinajstić information content (AvgIpc) is 2.85. The lowest BCUT2D eigenvalue weighted by atomic mass is 9.85. The smallest absolute Gasteiger partial charge is 0.257 e. The van der Waals surface area contributed by atoms with Gasteiger partial charge in [0.1, 0.15) is 24.2 Å². The summed E-state index contributed by atoms with van der Waals surface area (Å²) in [5.41, 5.74) is 1.68. The largest absolute Gasteiger partial charge is 0.497 e. The highest BCUT2D eigenvalue weighted by Crippen LogP contribution is 2.33. The van der Waals surface area contributed by atoms with Gasteiger partial charge in [-0.3, -0.25) is 14.4 Å². The number of nitrogens with zero attached hydrogens (tertiary/aromatic N) is 1. The van der Waals surface area contributed by atoms with Gasteiger partial charge < -0.3 is 29.7 Å². The van der Waals surface area contributed by atoms with Crippen molar-refractivity contribution in [1.82, 2.24) is 4.90 Å². The molecule has 0 radical (unpaired) electrons. The summed E-state index contributed by atoms with van der Waals surface area (Å²) >= 11 is 0. The Morgan fingerprint density at radius 1 is 1.05 bits per heavy atom. The van der Waals surface area contributed by atoms with Crippen molar-refractivity contribution >= 4 is 29.1 Å². The van der Waals surface area contributed by atoms with Crippen molar-refractivity contribution in [2.75, 3.05) is 31.4 Å². The molecule has 2 aromatic carbocycles. The summed E-state index contributed by atoms with van der Waals surface area (Å²) in [7, 11) is 3.35. The fraction of sp³-hybridized carbons (Fsp3) is 0.464. The molecule has 1 saturated carbocycles. The topological polar surface area (TPSA) is 106 Å². The van der Waals surface area contributed by atoms with Gasteiger partial charge in [0.25, 0.3) is 5.91 Å². The molecular weight excluding hydrogens is 474 g/mol. The van der Waals surface area contributed by atoms with Crippen LogP contribution in [0.5, 0.6) is 11.5 Å². The summed E-state index contributed by atoms with van der Waals surface area (Å²) in [6, 6.07) is 12.2. The third-order valence-corrected chi connectivity index (χ3v) is 7.52. The summed E-state index contributed by atoms with van der Waals surface area (Å²) in [5.74, 6) is 0.862. The van der Waals surface area contributed by atoms with E-state index >= 15 is 0 Å². The van der Waals surface area contributed by atoms with E-state index in [-0.39, 0.29) is 54.9 Å². The Morgan fingerprint density at radius 3 is 2.62 bits per heavy atom. The molecule has 2 fully saturated rings. The second kappa shape index (κ2) is 10.8. The van der Waals surface area contributed by atoms with Crippen LogP contribution in [0.4, 0.5) is 11.4 Å². The number of benzene rings is 2. The summed E-state index contributed by atoms with van der Waals surface area (Å²) in [4.78, 5) is 40.1. The van der Waals surface area contributed by atoms with Gasteiger partial charge in [-0.25, -0.2) is 0 Å². The summed E-state index contributed by atoms with van der Waals surface area (Å²) in [6.45, 7) is 0.261. The second-order valence-corrected chi connectivity index (χ2v) is 9.98. The number of nitrogens with one attached hydrogen (secondary N) is 2. The predicted octanol–water partition coefficient (Wildman–Crippen LogP) is 3.84. The molecule has 3 aliphatic rings. The number of anilines is 2. The maximum Gasteiger partial charge on any atom is 0.257 e. The third-order valence-electron chi connectivity index (χ3n) is 7.52. The molecule has 2 aliphatic heterocycles. The van der Waals surface area contributed by atoms with Crippen LogP contribution < -0.4 is 20.1 Å². The molecule has 0 spiro atoms. The van der Waals surface area contributed by atoms with E-state index in [0.29, 0.717) is 41.3 Å². The monoisotopic (exact) mass is 507 g/mol. The van der Waals surface area contributed by atoms with Gasteiger partial charge >= 0.3 is 0 Å². The van der Waals surface area contributed by atoms with Gasteiger partial charge in [-0.2, -0.15) is 0 Å². The molecule has 0 bridgehead atoms. The van der Waals surface area contributed by atoms with Gasteiger partial charge in [-0.15, -0.1) is 0 Å². The lowest BCUT2D eigenvalue weighted by molar-refractivity contribution is -0.130. The van der Waals surface area contributed by atoms with Crippen molar-refractivity contribution < 1.29 is 28.6 Å². The lowest BCUT2D eigenvalue weighted by Crippen LogP contribution is -2.53. The number of methoxy groups -OCH3 is 1. The van der Waals surface area contributed by atoms with Crippen molar-refractivity contribution in [1.29, 1.82) is 0 Å². The first-order valence-electron chi connectivity index (χ1n) is 12.9. The van der Waals surface area contributed by atoms with Crippen LogP contribution in [0.3, 0.4) is 0 Å². The molecule has 9 heteroatoms. The van der Waals surface area contributed by atoms with Gasteiger partial charge in [0.2, 0.25) is 11.8 Å². The van der Waals surface area contributed by atoms with Gasteiger partial charge in [0.15, 0.2) is 0 Å². The molecule has 1 saturated heterocycles. The maximum atomic E-state index is 13.4. The first-order chi connectivity index (χ1) is 17.9. The van der Waals surface area contributed by atoms with E-state index in [9.17, 15) is 14.4 Å². The molecule has 3 atom stereocenters. The van der Waals surface area contributed by atoms with Crippen LogP contribution in [0, 0.1) is 5.92 Å². The minimum Gasteiger partial charge on any atom is -0.497 e. The van der Waals surface area contributed by atoms with Crippen LogP contribution in [0.1, 0.15) is 48.9 Å². The van der Waals surface area contributed by atoms with Crippen molar-refractivity contribution in [2.45, 2.75) is 56.8 Å². The van der Waals surface area contributed by atoms with Crippen LogP contribution >= 0.6 is 0 Å². The first-order valence-corrected chi connectivity index (χ1v) is 12.9. The van der Waals surface area contributed by atoms with Crippen molar-refractivity contribution in [3.05, 3.63) is 48.0 Å². The van der Waals surface area contributed by atoms with Crippen molar-refractivity contribution in [3.8, 4) is 11.5 Å². The molecule has 2 aromatic rings. The van der Waals surface area contributed by atoms with Crippen LogP contribution in [0.2, 0.25) is 0 Å². The summed E-state index contributed by atoms with van der Waals surface area (Å²) in [5, 5.41) is 5.83. The highest BCUT2D eigenvalue weighted by molar-refractivity contribution is 6.00. The SMILES string of the molecule is COc1cccc(NC(=O)C[C@@H]2CC[C@@H]3[C@@H](COc4ccc(NC(=O)C5CCC5)cc4C(=O)N3C)O2)c1.